The summed E-state index contributed by atoms with van der Waals surface area (Å²) in [5.41, 5.74) is 2.31. The second-order valence-electron chi connectivity index (χ2n) is 7.88. The molecule has 0 aliphatic rings. The third kappa shape index (κ3) is 5.82. The lowest BCUT2D eigenvalue weighted by Gasteiger charge is -2.22. The van der Waals surface area contributed by atoms with Crippen molar-refractivity contribution in [2.45, 2.75) is 50.6 Å². The number of nitrogens with one attached hydrogen (secondary N) is 1. The second kappa shape index (κ2) is 11.1. The number of aryl methyl sites for hydroxylation is 1. The normalized spacial score (nSPS) is 11.9. The lowest BCUT2D eigenvalue weighted by molar-refractivity contribution is -0.132. The Morgan fingerprint density at radius 1 is 1.12 bits per heavy atom. The Kier molecular flexibility index (Phi) is 8.27. The van der Waals surface area contributed by atoms with E-state index in [0.29, 0.717) is 22.6 Å². The van der Waals surface area contributed by atoms with Gasteiger partial charge in [-0.05, 0) is 43.5 Å². The summed E-state index contributed by atoms with van der Waals surface area (Å²) in [6, 6.07) is 14.9. The molecule has 33 heavy (non-hydrogen) atoms. The van der Waals surface area contributed by atoms with Gasteiger partial charge in [0.1, 0.15) is 0 Å². The number of fused-ring (bicyclic) bond motifs is 1. The minimum atomic E-state index is -0.512. The fourth-order valence-corrected chi connectivity index (χ4v) is 4.66. The molecule has 8 heteroatoms. The van der Waals surface area contributed by atoms with E-state index in [2.05, 4.69) is 10.3 Å². The Hall–Kier alpha value is -3.13. The minimum absolute atomic E-state index is 0.0608. The van der Waals surface area contributed by atoms with Crippen molar-refractivity contribution in [3.05, 3.63) is 64.4 Å². The first kappa shape index (κ1) is 24.5. The fourth-order valence-electron chi connectivity index (χ4n) is 3.61. The van der Waals surface area contributed by atoms with Gasteiger partial charge in [-0.3, -0.25) is 19.0 Å². The molecule has 3 aromatic rings. The predicted molar refractivity (Wildman–Crippen MR) is 134 cm³/mol. The van der Waals surface area contributed by atoms with Crippen molar-refractivity contribution < 1.29 is 9.59 Å². The maximum absolute atomic E-state index is 13.0. The summed E-state index contributed by atoms with van der Waals surface area (Å²) in [5, 5.41) is 3.46. The van der Waals surface area contributed by atoms with Crippen LogP contribution in [0.2, 0.25) is 0 Å². The van der Waals surface area contributed by atoms with Crippen LogP contribution in [0.3, 0.4) is 0 Å². The first-order valence-electron chi connectivity index (χ1n) is 11.1. The second-order valence-corrected chi connectivity index (χ2v) is 9.19. The number of anilines is 1. The van der Waals surface area contributed by atoms with Gasteiger partial charge in [0.05, 0.1) is 22.7 Å². The summed E-state index contributed by atoms with van der Waals surface area (Å²) < 4.78 is 1.63. The van der Waals surface area contributed by atoms with E-state index >= 15 is 0 Å². The molecule has 1 N–H and O–H groups in total. The Labute approximate surface area is 198 Å². The molecule has 2 amide bonds. The molecular formula is C25H30N4O3S. The molecule has 1 aromatic heterocycles. The molecule has 0 aliphatic carbocycles. The van der Waals surface area contributed by atoms with Crippen molar-refractivity contribution in [1.29, 1.82) is 0 Å². The van der Waals surface area contributed by atoms with Crippen LogP contribution in [-0.4, -0.2) is 45.1 Å². The summed E-state index contributed by atoms with van der Waals surface area (Å²) in [7, 11) is 1.61. The van der Waals surface area contributed by atoms with E-state index in [4.69, 9.17) is 0 Å². The van der Waals surface area contributed by atoms with E-state index in [1.54, 1.807) is 30.7 Å². The van der Waals surface area contributed by atoms with Gasteiger partial charge < -0.3 is 10.2 Å². The average Bonchev–Trinajstić information content (AvgIpc) is 2.81. The van der Waals surface area contributed by atoms with Gasteiger partial charge >= 0.3 is 0 Å². The van der Waals surface area contributed by atoms with Gasteiger partial charge in [0.15, 0.2) is 5.16 Å². The quantitative estimate of drug-likeness (QED) is 0.381. The Morgan fingerprint density at radius 2 is 1.82 bits per heavy atom. The topological polar surface area (TPSA) is 84.3 Å². The average molecular weight is 467 g/mol. The molecule has 0 radical (unpaired) electrons. The van der Waals surface area contributed by atoms with Crippen molar-refractivity contribution in [1.82, 2.24) is 14.5 Å². The van der Waals surface area contributed by atoms with E-state index in [0.717, 1.165) is 24.1 Å². The van der Waals surface area contributed by atoms with Gasteiger partial charge in [-0.2, -0.15) is 0 Å². The molecule has 0 aliphatic heterocycles. The summed E-state index contributed by atoms with van der Waals surface area (Å²) >= 11 is 1.24. The van der Waals surface area contributed by atoms with Gasteiger partial charge in [-0.25, -0.2) is 4.98 Å². The molecule has 7 nitrogen and oxygen atoms in total. The first-order valence-corrected chi connectivity index (χ1v) is 12.0. The van der Waals surface area contributed by atoms with Crippen molar-refractivity contribution >= 4 is 40.2 Å². The third-order valence-electron chi connectivity index (χ3n) is 5.33. The number of hydrogen-bond acceptors (Lipinski definition) is 5. The van der Waals surface area contributed by atoms with Crippen LogP contribution in [0, 0.1) is 0 Å². The van der Waals surface area contributed by atoms with Crippen molar-refractivity contribution in [3.8, 4) is 0 Å². The smallest absolute Gasteiger partial charge is 0.262 e. The summed E-state index contributed by atoms with van der Waals surface area (Å²) in [5.74, 6) is -0.458. The predicted octanol–water partition coefficient (Wildman–Crippen LogP) is 3.95. The van der Waals surface area contributed by atoms with E-state index < -0.39 is 5.25 Å². The Balaban J connectivity index is 1.72. The molecule has 0 bridgehead atoms. The molecule has 0 fully saturated rings. The van der Waals surface area contributed by atoms with Crippen LogP contribution in [0.25, 0.3) is 10.9 Å². The third-order valence-corrected chi connectivity index (χ3v) is 6.41. The summed E-state index contributed by atoms with van der Waals surface area (Å²) in [4.78, 5) is 44.5. The number of nitrogens with zero attached hydrogens (tertiary/aromatic N) is 3. The first-order chi connectivity index (χ1) is 15.8. The zero-order valence-corrected chi connectivity index (χ0v) is 20.3. The molecule has 1 heterocycles. The van der Waals surface area contributed by atoms with Gasteiger partial charge in [0.25, 0.3) is 5.56 Å². The Morgan fingerprint density at radius 3 is 2.55 bits per heavy atom. The molecule has 3 rings (SSSR count). The van der Waals surface area contributed by atoms with Crippen LogP contribution in [0.5, 0.6) is 0 Å². The molecular weight excluding hydrogens is 436 g/mol. The maximum Gasteiger partial charge on any atom is 0.262 e. The number of amides is 2. The number of likely N-dealkylation sites (N-methyl/N-ethyl adjacent to an activating group) is 1. The van der Waals surface area contributed by atoms with Gasteiger partial charge in [-0.1, -0.05) is 55.9 Å². The maximum atomic E-state index is 13.0. The van der Waals surface area contributed by atoms with Crippen LogP contribution < -0.4 is 10.9 Å². The number of hydrogen-bond donors (Lipinski definition) is 1. The minimum Gasteiger partial charge on any atom is -0.335 e. The highest BCUT2D eigenvalue weighted by atomic mass is 32.2. The number of carbonyl (C=O) groups excluding carboxylic acids is 2. The molecule has 1 atom stereocenters. The molecule has 0 spiro atoms. The van der Waals surface area contributed by atoms with Crippen LogP contribution in [0.4, 0.5) is 5.69 Å². The summed E-state index contributed by atoms with van der Waals surface area (Å²) in [6.07, 6.45) is 1.58. The molecule has 0 saturated carbocycles. The number of benzene rings is 2. The largest absolute Gasteiger partial charge is 0.335 e. The van der Waals surface area contributed by atoms with E-state index in [1.165, 1.54) is 16.7 Å². The zero-order chi connectivity index (χ0) is 24.0. The molecule has 0 saturated heterocycles. The van der Waals surface area contributed by atoms with Gasteiger partial charge in [0.2, 0.25) is 11.8 Å². The lowest BCUT2D eigenvalue weighted by Crippen LogP contribution is -2.39. The standard InChI is InChI=1S/C25H30N4O3S/c1-5-15-29-24(32)19-12-8-10-14-21(19)27-25(29)33-17(3)23(31)28(4)16-22(30)26-20-13-9-7-11-18(20)6-2/h7-14,17H,5-6,15-16H2,1-4H3,(H,26,30). The van der Waals surface area contributed by atoms with Crippen molar-refractivity contribution in [3.63, 3.8) is 0 Å². The van der Waals surface area contributed by atoms with E-state index in [9.17, 15) is 14.4 Å². The van der Waals surface area contributed by atoms with E-state index in [-0.39, 0.29) is 23.9 Å². The van der Waals surface area contributed by atoms with E-state index in [1.807, 2.05) is 50.2 Å². The lowest BCUT2D eigenvalue weighted by atomic mass is 10.1. The monoisotopic (exact) mass is 466 g/mol. The van der Waals surface area contributed by atoms with Crippen molar-refractivity contribution in [2.24, 2.45) is 0 Å². The van der Waals surface area contributed by atoms with Crippen LogP contribution in [-0.2, 0) is 22.6 Å². The fraction of sp³-hybridized carbons (Fsp3) is 0.360. The highest BCUT2D eigenvalue weighted by Crippen LogP contribution is 2.24. The highest BCUT2D eigenvalue weighted by Gasteiger charge is 2.23. The van der Waals surface area contributed by atoms with Crippen LogP contribution in [0.1, 0.15) is 32.8 Å². The number of carbonyl (C=O) groups is 2. The number of thioether (sulfide) groups is 1. The molecule has 1 unspecified atom stereocenters. The SMILES string of the molecule is CCCn1c(SC(C)C(=O)N(C)CC(=O)Nc2ccccc2CC)nc2ccccc2c1=O. The van der Waals surface area contributed by atoms with Crippen LogP contribution >= 0.6 is 11.8 Å². The summed E-state index contributed by atoms with van der Waals surface area (Å²) in [6.45, 7) is 6.25. The molecule has 2 aromatic carbocycles. The number of aromatic nitrogens is 2. The number of rotatable bonds is 9. The molecule has 174 valence electrons. The van der Waals surface area contributed by atoms with Gasteiger partial charge in [-0.15, -0.1) is 0 Å². The number of para-hydroxylation sites is 2. The van der Waals surface area contributed by atoms with Crippen molar-refractivity contribution in [2.75, 3.05) is 18.9 Å². The van der Waals surface area contributed by atoms with Gasteiger partial charge in [0, 0.05) is 19.3 Å². The Bertz CT molecular complexity index is 1210. The zero-order valence-electron chi connectivity index (χ0n) is 19.5. The van der Waals surface area contributed by atoms with Crippen LogP contribution in [0.15, 0.2) is 58.5 Å². The highest BCUT2D eigenvalue weighted by molar-refractivity contribution is 8.00.